The highest BCUT2D eigenvalue weighted by atomic mass is 16.3. The fourth-order valence-corrected chi connectivity index (χ4v) is 7.28. The quantitative estimate of drug-likeness (QED) is 0.696. The number of allylic oxidation sites excluding steroid dienone is 1. The zero-order chi connectivity index (χ0) is 18.9. The van der Waals surface area contributed by atoms with Crippen molar-refractivity contribution in [1.82, 2.24) is 0 Å². The summed E-state index contributed by atoms with van der Waals surface area (Å²) >= 11 is 0. The van der Waals surface area contributed by atoms with Crippen molar-refractivity contribution in [2.75, 3.05) is 6.61 Å². The third-order valence-corrected chi connectivity index (χ3v) is 8.65. The molecule has 0 radical (unpaired) electrons. The summed E-state index contributed by atoms with van der Waals surface area (Å²) in [4.78, 5) is 24.3. The van der Waals surface area contributed by atoms with Gasteiger partial charge in [-0.25, -0.2) is 0 Å². The maximum Gasteiger partial charge on any atom is 0.190 e. The molecule has 26 heavy (non-hydrogen) atoms. The molecule has 144 valence electrons. The number of aliphatic hydroxyl groups is 3. The number of carbonyl (C=O) groups is 2. The van der Waals surface area contributed by atoms with Gasteiger partial charge in [-0.05, 0) is 67.8 Å². The summed E-state index contributed by atoms with van der Waals surface area (Å²) in [6.07, 6.45) is 5.74. The lowest BCUT2D eigenvalue weighted by Gasteiger charge is -2.60. The first-order chi connectivity index (χ1) is 12.2. The minimum absolute atomic E-state index is 0.0697. The van der Waals surface area contributed by atoms with Crippen molar-refractivity contribution in [3.8, 4) is 0 Å². The maximum absolute atomic E-state index is 12.4. The van der Waals surface area contributed by atoms with E-state index < -0.39 is 29.5 Å². The molecule has 5 heteroatoms. The monoisotopic (exact) mass is 362 g/mol. The van der Waals surface area contributed by atoms with Gasteiger partial charge in [-0.1, -0.05) is 19.4 Å². The molecule has 4 aliphatic rings. The number of aliphatic hydroxyl groups excluding tert-OH is 2. The van der Waals surface area contributed by atoms with E-state index in [-0.39, 0.29) is 29.0 Å². The van der Waals surface area contributed by atoms with E-state index in [0.717, 1.165) is 25.7 Å². The molecule has 0 spiro atoms. The van der Waals surface area contributed by atoms with Crippen molar-refractivity contribution < 1.29 is 24.9 Å². The summed E-state index contributed by atoms with van der Waals surface area (Å²) in [7, 11) is 0. The fourth-order valence-electron chi connectivity index (χ4n) is 7.28. The summed E-state index contributed by atoms with van der Waals surface area (Å²) in [5.41, 5.74) is -1.23. The molecule has 4 rings (SSSR count). The predicted octanol–water partition coefficient (Wildman–Crippen LogP) is 1.78. The molecule has 0 aromatic rings. The lowest BCUT2D eigenvalue weighted by atomic mass is 9.45. The van der Waals surface area contributed by atoms with Crippen LogP contribution in [0.3, 0.4) is 0 Å². The van der Waals surface area contributed by atoms with Gasteiger partial charge in [0.25, 0.3) is 0 Å². The van der Waals surface area contributed by atoms with Gasteiger partial charge < -0.3 is 15.3 Å². The van der Waals surface area contributed by atoms with Gasteiger partial charge >= 0.3 is 0 Å². The number of rotatable bonds is 2. The molecule has 0 bridgehead atoms. The SMILES string of the molecule is C[C@]12C[C@@H](O)[C@H]3[C@H](CCC4=CC(=O)CC[C@]43C)[C@H]1CC[C@@]2(O)C(=O)CO. The van der Waals surface area contributed by atoms with Crippen molar-refractivity contribution >= 4 is 11.6 Å². The van der Waals surface area contributed by atoms with E-state index in [4.69, 9.17) is 0 Å². The molecule has 0 heterocycles. The number of carbonyl (C=O) groups excluding carboxylic acids is 2. The van der Waals surface area contributed by atoms with Crippen LogP contribution in [0.4, 0.5) is 0 Å². The standard InChI is InChI=1S/C21H30O5/c1-19-7-5-13(23)9-12(19)3-4-14-15-6-8-21(26,17(25)11-22)20(15,2)10-16(24)18(14)19/h9,14-16,18,22,24,26H,3-8,10-11H2,1-2H3/t14-,15-,16-,18-,19-,20+,21-/m1/s1. The molecule has 7 atom stereocenters. The third-order valence-electron chi connectivity index (χ3n) is 8.65. The van der Waals surface area contributed by atoms with Gasteiger partial charge in [0.1, 0.15) is 12.2 Å². The number of hydrogen-bond acceptors (Lipinski definition) is 5. The Morgan fingerprint density at radius 2 is 1.96 bits per heavy atom. The van der Waals surface area contributed by atoms with Crippen LogP contribution in [0.25, 0.3) is 0 Å². The van der Waals surface area contributed by atoms with Crippen LogP contribution in [0.2, 0.25) is 0 Å². The van der Waals surface area contributed by atoms with Crippen LogP contribution in [0.1, 0.15) is 58.8 Å². The van der Waals surface area contributed by atoms with Crippen LogP contribution in [0.15, 0.2) is 11.6 Å². The van der Waals surface area contributed by atoms with Crippen molar-refractivity contribution in [2.45, 2.75) is 70.5 Å². The van der Waals surface area contributed by atoms with E-state index in [1.54, 1.807) is 6.08 Å². The van der Waals surface area contributed by atoms with Crippen molar-refractivity contribution in [2.24, 2.45) is 28.6 Å². The van der Waals surface area contributed by atoms with Gasteiger partial charge in [0.05, 0.1) is 6.10 Å². The second-order valence-electron chi connectivity index (χ2n) is 9.56. The summed E-state index contributed by atoms with van der Waals surface area (Å²) in [5.74, 6) is 0.140. The number of hydrogen-bond donors (Lipinski definition) is 3. The maximum atomic E-state index is 12.4. The van der Waals surface area contributed by atoms with E-state index in [1.165, 1.54) is 5.57 Å². The summed E-state index contributed by atoms with van der Waals surface area (Å²) in [6, 6.07) is 0. The number of Topliss-reactive ketones (excluding diaryl/α,β-unsaturated/α-hetero) is 1. The molecule has 4 aliphatic carbocycles. The largest absolute Gasteiger partial charge is 0.393 e. The average molecular weight is 362 g/mol. The molecule has 3 saturated carbocycles. The highest BCUT2D eigenvalue weighted by molar-refractivity contribution is 5.91. The van der Waals surface area contributed by atoms with Crippen LogP contribution in [-0.4, -0.2) is 45.2 Å². The highest BCUT2D eigenvalue weighted by Crippen LogP contribution is 2.67. The summed E-state index contributed by atoms with van der Waals surface area (Å²) in [5, 5.41) is 31.7. The van der Waals surface area contributed by atoms with Gasteiger partial charge in [0, 0.05) is 11.8 Å². The van der Waals surface area contributed by atoms with E-state index >= 15 is 0 Å². The smallest absolute Gasteiger partial charge is 0.190 e. The lowest BCUT2D eigenvalue weighted by molar-refractivity contribution is -0.182. The minimum Gasteiger partial charge on any atom is -0.393 e. The van der Waals surface area contributed by atoms with E-state index in [0.29, 0.717) is 19.3 Å². The Labute approximate surface area is 154 Å². The molecular formula is C21H30O5. The second-order valence-corrected chi connectivity index (χ2v) is 9.56. The number of ketones is 2. The van der Waals surface area contributed by atoms with Crippen LogP contribution in [0, 0.1) is 28.6 Å². The molecule has 0 unspecified atom stereocenters. The second kappa shape index (κ2) is 5.73. The molecule has 0 aromatic carbocycles. The van der Waals surface area contributed by atoms with Crippen LogP contribution >= 0.6 is 0 Å². The first kappa shape index (κ1) is 18.3. The first-order valence-corrected chi connectivity index (χ1v) is 9.96. The summed E-state index contributed by atoms with van der Waals surface area (Å²) in [6.45, 7) is 3.46. The van der Waals surface area contributed by atoms with Crippen LogP contribution in [-0.2, 0) is 9.59 Å². The topological polar surface area (TPSA) is 94.8 Å². The fraction of sp³-hybridized carbons (Fsp3) is 0.810. The van der Waals surface area contributed by atoms with Gasteiger partial charge in [0.15, 0.2) is 11.6 Å². The molecule has 0 saturated heterocycles. The van der Waals surface area contributed by atoms with Crippen molar-refractivity contribution in [3.05, 3.63) is 11.6 Å². The molecular weight excluding hydrogens is 332 g/mol. The molecule has 3 fully saturated rings. The van der Waals surface area contributed by atoms with E-state index in [1.807, 2.05) is 6.92 Å². The van der Waals surface area contributed by atoms with Crippen LogP contribution in [0.5, 0.6) is 0 Å². The molecule has 0 aromatic heterocycles. The first-order valence-electron chi connectivity index (χ1n) is 9.96. The normalized spacial score (nSPS) is 50.5. The van der Waals surface area contributed by atoms with Gasteiger partial charge in [0.2, 0.25) is 0 Å². The molecule has 0 aliphatic heterocycles. The van der Waals surface area contributed by atoms with Crippen LogP contribution < -0.4 is 0 Å². The Kier molecular flexibility index (Phi) is 4.04. The lowest BCUT2D eigenvalue weighted by Crippen LogP contribution is -2.62. The predicted molar refractivity (Wildman–Crippen MR) is 95.1 cm³/mol. The zero-order valence-electron chi connectivity index (χ0n) is 15.7. The van der Waals surface area contributed by atoms with Gasteiger partial charge in [-0.3, -0.25) is 9.59 Å². The van der Waals surface area contributed by atoms with Gasteiger partial charge in [-0.2, -0.15) is 0 Å². The molecule has 0 amide bonds. The van der Waals surface area contributed by atoms with Crippen molar-refractivity contribution in [1.29, 1.82) is 0 Å². The average Bonchev–Trinajstić information content (AvgIpc) is 2.86. The summed E-state index contributed by atoms with van der Waals surface area (Å²) < 4.78 is 0. The third kappa shape index (κ3) is 2.14. The van der Waals surface area contributed by atoms with Gasteiger partial charge in [-0.15, -0.1) is 0 Å². The Balaban J connectivity index is 1.74. The Morgan fingerprint density at radius 1 is 1.23 bits per heavy atom. The minimum atomic E-state index is -1.54. The van der Waals surface area contributed by atoms with E-state index in [2.05, 4.69) is 6.92 Å². The van der Waals surface area contributed by atoms with E-state index in [9.17, 15) is 24.9 Å². The zero-order valence-corrected chi connectivity index (χ0v) is 15.7. The molecule has 5 nitrogen and oxygen atoms in total. The highest BCUT2D eigenvalue weighted by Gasteiger charge is 2.68. The number of fused-ring (bicyclic) bond motifs is 5. The Hall–Kier alpha value is -1.04. The van der Waals surface area contributed by atoms with Crippen molar-refractivity contribution in [3.63, 3.8) is 0 Å². The molecule has 3 N–H and O–H groups in total. The Morgan fingerprint density at radius 3 is 2.65 bits per heavy atom. The Bertz CT molecular complexity index is 684.